The molecule has 4 aromatic rings. The van der Waals surface area contributed by atoms with Crippen LogP contribution in [-0.4, -0.2) is 70.9 Å². The first-order valence-corrected chi connectivity index (χ1v) is 18.9. The van der Waals surface area contributed by atoms with Crippen molar-refractivity contribution in [3.05, 3.63) is 143 Å². The first-order chi connectivity index (χ1) is 24.5. The average molecular weight is 706 g/mol. The van der Waals surface area contributed by atoms with Crippen molar-refractivity contribution in [3.63, 3.8) is 0 Å². The lowest BCUT2D eigenvalue weighted by Gasteiger charge is -2.47. The minimum atomic E-state index is -0.728. The molecule has 7 heteroatoms. The van der Waals surface area contributed by atoms with Gasteiger partial charge < -0.3 is 15.0 Å². The third kappa shape index (κ3) is 8.88. The molecule has 4 aromatic carbocycles. The Morgan fingerprint density at radius 1 is 0.824 bits per heavy atom. The van der Waals surface area contributed by atoms with E-state index >= 15 is 0 Å². The SMILES string of the molecule is CCCC[C@H]1CN(CC(NC(=O)OC(C)(C)C)C(S)C(c2ccccc2)(c2ccccc2)c2ccccc2)CCN1C(=O)c1cccc(C)c1C. The number of piperazine rings is 1. The highest BCUT2D eigenvalue weighted by molar-refractivity contribution is 7.81. The van der Waals surface area contributed by atoms with E-state index in [1.165, 1.54) is 0 Å². The summed E-state index contributed by atoms with van der Waals surface area (Å²) in [6, 6.07) is 37.1. The second kappa shape index (κ2) is 17.0. The first kappa shape index (κ1) is 38.2. The Hall–Kier alpha value is -4.07. The lowest BCUT2D eigenvalue weighted by Crippen LogP contribution is -2.61. The summed E-state index contributed by atoms with van der Waals surface area (Å²) in [4.78, 5) is 32.3. The molecule has 51 heavy (non-hydrogen) atoms. The molecule has 2 amide bonds. The van der Waals surface area contributed by atoms with Gasteiger partial charge in [-0.1, -0.05) is 123 Å². The number of carbonyl (C=O) groups is 2. The molecule has 1 fully saturated rings. The zero-order valence-electron chi connectivity index (χ0n) is 31.1. The molecule has 2 unspecified atom stereocenters. The number of rotatable bonds is 12. The van der Waals surface area contributed by atoms with Gasteiger partial charge in [-0.05, 0) is 74.9 Å². The van der Waals surface area contributed by atoms with E-state index in [-0.39, 0.29) is 11.9 Å². The maximum absolute atomic E-state index is 14.1. The summed E-state index contributed by atoms with van der Waals surface area (Å²) >= 11 is 5.56. The van der Waals surface area contributed by atoms with Crippen molar-refractivity contribution in [2.45, 2.75) is 89.2 Å². The molecule has 1 aliphatic rings. The van der Waals surface area contributed by atoms with Crippen molar-refractivity contribution < 1.29 is 14.3 Å². The van der Waals surface area contributed by atoms with Crippen LogP contribution >= 0.6 is 12.6 Å². The van der Waals surface area contributed by atoms with Crippen LogP contribution in [-0.2, 0) is 10.2 Å². The molecule has 1 saturated heterocycles. The normalized spacial score (nSPS) is 16.7. The lowest BCUT2D eigenvalue weighted by atomic mass is 9.65. The summed E-state index contributed by atoms with van der Waals surface area (Å²) in [7, 11) is 0. The van der Waals surface area contributed by atoms with Crippen molar-refractivity contribution >= 4 is 24.6 Å². The number of carbonyl (C=O) groups excluding carboxylic acids is 2. The van der Waals surface area contributed by atoms with Crippen molar-refractivity contribution in [3.8, 4) is 0 Å². The fourth-order valence-electron chi connectivity index (χ4n) is 7.56. The molecule has 0 bridgehead atoms. The van der Waals surface area contributed by atoms with Crippen molar-refractivity contribution in [2.24, 2.45) is 0 Å². The molecule has 0 saturated carbocycles. The number of nitrogens with zero attached hydrogens (tertiary/aromatic N) is 2. The van der Waals surface area contributed by atoms with Crippen LogP contribution < -0.4 is 5.32 Å². The highest BCUT2D eigenvalue weighted by atomic mass is 32.1. The minimum Gasteiger partial charge on any atom is -0.444 e. The smallest absolute Gasteiger partial charge is 0.407 e. The molecule has 0 aromatic heterocycles. The number of nitrogens with one attached hydrogen (secondary N) is 1. The molecule has 3 atom stereocenters. The van der Waals surface area contributed by atoms with E-state index in [1.807, 2.05) is 58.0 Å². The highest BCUT2D eigenvalue weighted by Gasteiger charge is 2.47. The Labute approximate surface area is 311 Å². The molecule has 0 spiro atoms. The number of ether oxygens (including phenoxy) is 1. The Morgan fingerprint density at radius 2 is 1.37 bits per heavy atom. The summed E-state index contributed by atoms with van der Waals surface area (Å²) in [5.74, 6) is 0.101. The van der Waals surface area contributed by atoms with Crippen molar-refractivity contribution in [1.29, 1.82) is 0 Å². The molecule has 0 radical (unpaired) electrons. The van der Waals surface area contributed by atoms with Gasteiger partial charge in [-0.3, -0.25) is 9.69 Å². The van der Waals surface area contributed by atoms with Crippen LogP contribution in [0.2, 0.25) is 0 Å². The monoisotopic (exact) mass is 705 g/mol. The highest BCUT2D eigenvalue weighted by Crippen LogP contribution is 2.45. The number of hydrogen-bond donors (Lipinski definition) is 2. The van der Waals surface area contributed by atoms with Gasteiger partial charge in [0.1, 0.15) is 5.60 Å². The number of unbranched alkanes of at least 4 members (excludes halogenated alkanes) is 1. The fraction of sp³-hybridized carbons (Fsp3) is 0.409. The number of thiol groups is 1. The number of aryl methyl sites for hydroxylation is 1. The van der Waals surface area contributed by atoms with Crippen LogP contribution in [0.4, 0.5) is 4.79 Å². The average Bonchev–Trinajstić information content (AvgIpc) is 3.12. The van der Waals surface area contributed by atoms with Gasteiger partial charge in [0.05, 0.1) is 11.5 Å². The number of hydrogen-bond acceptors (Lipinski definition) is 5. The molecular formula is C44H55N3O3S. The van der Waals surface area contributed by atoms with Crippen LogP contribution in [0.15, 0.2) is 109 Å². The maximum Gasteiger partial charge on any atom is 0.407 e. The summed E-state index contributed by atoms with van der Waals surface area (Å²) in [5.41, 5.74) is 4.81. The van der Waals surface area contributed by atoms with Gasteiger partial charge in [0.25, 0.3) is 5.91 Å². The molecular weight excluding hydrogens is 651 g/mol. The van der Waals surface area contributed by atoms with Gasteiger partial charge in [0.15, 0.2) is 0 Å². The molecule has 5 rings (SSSR count). The Balaban J connectivity index is 1.55. The van der Waals surface area contributed by atoms with E-state index in [0.29, 0.717) is 26.2 Å². The maximum atomic E-state index is 14.1. The van der Waals surface area contributed by atoms with Crippen molar-refractivity contribution in [2.75, 3.05) is 26.2 Å². The van der Waals surface area contributed by atoms with Gasteiger partial charge in [0, 0.05) is 43.0 Å². The van der Waals surface area contributed by atoms with Crippen LogP contribution in [0.1, 0.15) is 85.1 Å². The van der Waals surface area contributed by atoms with Crippen molar-refractivity contribution in [1.82, 2.24) is 15.1 Å². The molecule has 6 nitrogen and oxygen atoms in total. The second-order valence-electron chi connectivity index (χ2n) is 14.9. The summed E-state index contributed by atoms with van der Waals surface area (Å²) in [6.45, 7) is 14.5. The van der Waals surface area contributed by atoms with E-state index in [2.05, 4.69) is 108 Å². The van der Waals surface area contributed by atoms with Gasteiger partial charge in [-0.15, -0.1) is 0 Å². The Morgan fingerprint density at radius 3 is 1.88 bits per heavy atom. The van der Waals surface area contributed by atoms with E-state index in [4.69, 9.17) is 17.4 Å². The fourth-order valence-corrected chi connectivity index (χ4v) is 8.17. The third-order valence-electron chi connectivity index (χ3n) is 10.2. The minimum absolute atomic E-state index is 0.0498. The summed E-state index contributed by atoms with van der Waals surface area (Å²) < 4.78 is 5.87. The Kier molecular flexibility index (Phi) is 12.7. The third-order valence-corrected chi connectivity index (χ3v) is 11.0. The zero-order chi connectivity index (χ0) is 36.6. The van der Waals surface area contributed by atoms with Crippen LogP contribution in [0.5, 0.6) is 0 Å². The van der Waals surface area contributed by atoms with Gasteiger partial charge in [-0.2, -0.15) is 12.6 Å². The molecule has 0 aliphatic carbocycles. The molecule has 1 aliphatic heterocycles. The number of amides is 2. The zero-order valence-corrected chi connectivity index (χ0v) is 32.0. The summed E-state index contributed by atoms with van der Waals surface area (Å²) in [5, 5.41) is 2.89. The van der Waals surface area contributed by atoms with Gasteiger partial charge in [0.2, 0.25) is 0 Å². The van der Waals surface area contributed by atoms with Crippen LogP contribution in [0.25, 0.3) is 0 Å². The molecule has 1 N–H and O–H groups in total. The second-order valence-corrected chi connectivity index (χ2v) is 15.5. The Bertz CT molecular complexity index is 1630. The predicted molar refractivity (Wildman–Crippen MR) is 212 cm³/mol. The standard InChI is InChI=1S/C44H55N3O3S/c1-7-8-26-37-30-46(28-29-47(37)41(48)38-27-18-19-32(2)33(38)3)31-39(45-42(49)50-43(4,5)6)40(51)44(34-20-12-9-13-21-34,35-22-14-10-15-23-35)36-24-16-11-17-25-36/h9-25,27,37,39-40,51H,7-8,26,28-31H2,1-6H3,(H,45,49)/t37-,39?,40?/m0/s1. The van der Waals surface area contributed by atoms with Gasteiger partial charge >= 0.3 is 6.09 Å². The van der Waals surface area contributed by atoms with Crippen LogP contribution in [0.3, 0.4) is 0 Å². The summed E-state index contributed by atoms with van der Waals surface area (Å²) in [6.07, 6.45) is 2.53. The van der Waals surface area contributed by atoms with Crippen LogP contribution in [0, 0.1) is 13.8 Å². The van der Waals surface area contributed by atoms with E-state index < -0.39 is 28.4 Å². The molecule has 1 heterocycles. The number of benzene rings is 4. The van der Waals surface area contributed by atoms with E-state index in [0.717, 1.165) is 52.6 Å². The predicted octanol–water partition coefficient (Wildman–Crippen LogP) is 8.85. The number of alkyl carbamates (subject to hydrolysis) is 1. The lowest BCUT2D eigenvalue weighted by molar-refractivity contribution is 0.0369. The van der Waals surface area contributed by atoms with Gasteiger partial charge in [-0.25, -0.2) is 4.79 Å². The largest absolute Gasteiger partial charge is 0.444 e. The molecule has 270 valence electrons. The first-order valence-electron chi connectivity index (χ1n) is 18.4. The topological polar surface area (TPSA) is 61.9 Å². The van der Waals surface area contributed by atoms with E-state index in [1.54, 1.807) is 0 Å². The van der Waals surface area contributed by atoms with E-state index in [9.17, 15) is 9.59 Å². The quantitative estimate of drug-likeness (QED) is 0.114.